The van der Waals surface area contributed by atoms with Gasteiger partial charge in [0, 0.05) is 0 Å². The van der Waals surface area contributed by atoms with Crippen LogP contribution in [0.2, 0.25) is 0 Å². The Balaban J connectivity index is 0.000000230. The van der Waals surface area contributed by atoms with Gasteiger partial charge in [0.1, 0.15) is 12.1 Å². The number of carboxylic acid groups (broad SMARTS) is 2. The number of nitrogens with zero attached hydrogens (tertiary/aromatic N) is 4. The van der Waals surface area contributed by atoms with Gasteiger partial charge in [-0.25, -0.2) is 18.7 Å². The summed E-state index contributed by atoms with van der Waals surface area (Å²) in [5, 5.41) is 23.7. The summed E-state index contributed by atoms with van der Waals surface area (Å²) in [6.45, 7) is -0.0943. The topological polar surface area (TPSA) is 261 Å². The average molecular weight is 672 g/mol. The van der Waals surface area contributed by atoms with Crippen LogP contribution in [0.15, 0.2) is 48.5 Å². The number of hydroxylamine groups is 4. The summed E-state index contributed by atoms with van der Waals surface area (Å²) in [5.74, 6) is -2.93. The van der Waals surface area contributed by atoms with Crippen LogP contribution in [-0.4, -0.2) is 76.6 Å². The van der Waals surface area contributed by atoms with Crippen LogP contribution < -0.4 is 69.3 Å². The third kappa shape index (κ3) is 6.94. The number of phosphoric acid groups is 2. The molecule has 224 valence electrons. The fourth-order valence-electron chi connectivity index (χ4n) is 5.46. The second-order valence-corrected chi connectivity index (χ2v) is 11.7. The van der Waals surface area contributed by atoms with E-state index >= 15 is 0 Å². The van der Waals surface area contributed by atoms with Crippen LogP contribution in [0.1, 0.15) is 46.4 Å². The number of hydrogen-bond donors (Lipinski definition) is 4. The molecular weight excluding hydrogens is 652 g/mol. The molecule has 4 aliphatic rings. The number of carboxylic acids is 2. The van der Waals surface area contributed by atoms with Gasteiger partial charge in [0.25, 0.3) is 0 Å². The van der Waals surface area contributed by atoms with E-state index in [1.165, 1.54) is 12.1 Å². The molecule has 44 heavy (non-hydrogen) atoms. The number of rotatable bonds is 6. The SMILES string of the molecule is O=C([O-])[C@H]1c2ccccc2[C@@H]2CN1C(=O)N2OP(=O)(O)O.O=C([O-])[C@H]1c2ccccc2[C@@H]2CN1C(=O)N2OP(=O)(O)O.[Na+].[Na+]. The second-order valence-electron chi connectivity index (χ2n) is 9.40. The van der Waals surface area contributed by atoms with Crippen molar-refractivity contribution in [1.29, 1.82) is 0 Å². The molecule has 4 aliphatic heterocycles. The molecule has 0 radical (unpaired) electrons. The van der Waals surface area contributed by atoms with Crippen molar-refractivity contribution in [2.75, 3.05) is 13.1 Å². The molecule has 4 atom stereocenters. The van der Waals surface area contributed by atoms with E-state index in [1.54, 1.807) is 36.4 Å². The van der Waals surface area contributed by atoms with E-state index in [0.717, 1.165) is 9.80 Å². The number of carbonyl (C=O) groups is 4. The van der Waals surface area contributed by atoms with Gasteiger partial charge in [0.05, 0.1) is 37.1 Å². The Morgan fingerprint density at radius 2 is 0.955 bits per heavy atom. The maximum absolute atomic E-state index is 12.1. The standard InChI is InChI=1S/2C11H11N2O7P.2Na/c2*14-10(15)9-7-4-2-1-3-6(7)8-5-12(9)11(16)13(8)20-21(17,18)19;;/h2*1-4,8-9H,5H2,(H,14,15)(H2,17,18,19);;/q;;2*+1/p-2/t2*8-,9+;;/m00../s1. The van der Waals surface area contributed by atoms with Crippen LogP contribution in [0.5, 0.6) is 0 Å². The number of aliphatic carboxylic acids is 2. The Labute approximate surface area is 292 Å². The second kappa shape index (κ2) is 13.5. The number of urea groups is 2. The average Bonchev–Trinajstić information content (AvgIpc) is 3.30. The summed E-state index contributed by atoms with van der Waals surface area (Å²) in [4.78, 5) is 84.4. The summed E-state index contributed by atoms with van der Waals surface area (Å²) >= 11 is 0. The van der Waals surface area contributed by atoms with Crippen molar-refractivity contribution >= 4 is 39.6 Å². The van der Waals surface area contributed by atoms with E-state index in [9.17, 15) is 38.5 Å². The van der Waals surface area contributed by atoms with E-state index in [1.807, 2.05) is 0 Å². The third-order valence-electron chi connectivity index (χ3n) is 6.93. The van der Waals surface area contributed by atoms with Crippen LogP contribution in [0, 0.1) is 0 Å². The Bertz CT molecular complexity index is 1470. The molecule has 2 saturated heterocycles. The fourth-order valence-corrected chi connectivity index (χ4v) is 6.29. The summed E-state index contributed by atoms with van der Waals surface area (Å²) in [6.07, 6.45) is 0. The third-order valence-corrected chi connectivity index (χ3v) is 7.71. The molecular formula is C22H20N4Na2O14P2. The monoisotopic (exact) mass is 672 g/mol. The first kappa shape index (κ1) is 36.6. The predicted octanol–water partition coefficient (Wildman–Crippen LogP) is -7.40. The van der Waals surface area contributed by atoms with Crippen molar-refractivity contribution in [2.45, 2.75) is 24.2 Å². The van der Waals surface area contributed by atoms with Crippen LogP contribution in [0.4, 0.5) is 9.59 Å². The molecule has 4 heterocycles. The molecule has 0 aliphatic carbocycles. The zero-order chi connectivity index (χ0) is 30.7. The number of carbonyl (C=O) groups excluding carboxylic acids is 4. The van der Waals surface area contributed by atoms with E-state index in [4.69, 9.17) is 19.6 Å². The number of hydrogen-bond acceptors (Lipinski definition) is 10. The van der Waals surface area contributed by atoms with Crippen LogP contribution in [0.25, 0.3) is 0 Å². The summed E-state index contributed by atoms with van der Waals surface area (Å²) in [7, 11) is -9.88. The molecule has 0 aromatic heterocycles. The minimum atomic E-state index is -4.94. The molecule has 4 amide bonds. The van der Waals surface area contributed by atoms with Gasteiger partial charge in [0.15, 0.2) is 0 Å². The zero-order valence-corrected chi connectivity index (χ0v) is 28.7. The zero-order valence-electron chi connectivity index (χ0n) is 22.9. The van der Waals surface area contributed by atoms with Gasteiger partial charge >= 0.3 is 86.8 Å². The summed E-state index contributed by atoms with van der Waals surface area (Å²) in [5.41, 5.74) is 1.61. The van der Waals surface area contributed by atoms with Crippen LogP contribution in [0.3, 0.4) is 0 Å². The van der Waals surface area contributed by atoms with E-state index in [2.05, 4.69) is 9.25 Å². The van der Waals surface area contributed by atoms with Crippen LogP contribution in [-0.2, 0) is 28.0 Å². The van der Waals surface area contributed by atoms with Crippen LogP contribution >= 0.6 is 15.6 Å². The van der Waals surface area contributed by atoms with E-state index in [0.29, 0.717) is 32.4 Å². The number of fused-ring (bicyclic) bond motifs is 8. The summed E-state index contributed by atoms with van der Waals surface area (Å²) in [6, 6.07) is 6.70. The van der Waals surface area contributed by atoms with Crippen molar-refractivity contribution in [2.24, 2.45) is 0 Å². The van der Waals surface area contributed by atoms with Gasteiger partial charge < -0.3 is 49.2 Å². The van der Waals surface area contributed by atoms with Gasteiger partial charge in [-0.05, 0) is 22.3 Å². The van der Waals surface area contributed by atoms with Crippen molar-refractivity contribution in [3.05, 3.63) is 70.8 Å². The van der Waals surface area contributed by atoms with Gasteiger partial charge in [-0.2, -0.15) is 19.4 Å². The molecule has 4 bridgehead atoms. The minimum Gasteiger partial charge on any atom is -0.548 e. The summed E-state index contributed by atoms with van der Waals surface area (Å²) < 4.78 is 30.8. The molecule has 0 unspecified atom stereocenters. The largest absolute Gasteiger partial charge is 1.00 e. The number of benzene rings is 2. The first-order valence-corrected chi connectivity index (χ1v) is 14.9. The predicted molar refractivity (Wildman–Crippen MR) is 128 cm³/mol. The van der Waals surface area contributed by atoms with Gasteiger partial charge in [-0.15, -0.1) is 0 Å². The Morgan fingerprint density at radius 1 is 0.659 bits per heavy atom. The smallest absolute Gasteiger partial charge is 0.548 e. The molecule has 2 fully saturated rings. The van der Waals surface area contributed by atoms with Gasteiger partial charge in [-0.1, -0.05) is 48.5 Å². The Kier molecular flexibility index (Phi) is 11.2. The molecule has 4 N–H and O–H groups in total. The first-order valence-electron chi connectivity index (χ1n) is 11.9. The molecule has 2 aromatic rings. The first-order chi connectivity index (χ1) is 19.6. The van der Waals surface area contributed by atoms with Crippen molar-refractivity contribution in [1.82, 2.24) is 19.9 Å². The van der Waals surface area contributed by atoms with E-state index < -0.39 is 63.8 Å². The van der Waals surface area contributed by atoms with Gasteiger partial charge in [0.2, 0.25) is 0 Å². The maximum Gasteiger partial charge on any atom is 1.00 e. The normalized spacial score (nSPS) is 23.1. The van der Waals surface area contributed by atoms with Crippen molar-refractivity contribution in [3.63, 3.8) is 0 Å². The quantitative estimate of drug-likeness (QED) is 0.164. The molecule has 0 spiro atoms. The van der Waals surface area contributed by atoms with Crippen molar-refractivity contribution < 1.29 is 126 Å². The Morgan fingerprint density at radius 3 is 1.23 bits per heavy atom. The molecule has 0 saturated carbocycles. The van der Waals surface area contributed by atoms with Crippen molar-refractivity contribution in [3.8, 4) is 0 Å². The maximum atomic E-state index is 12.1. The minimum absolute atomic E-state index is 0. The Hall–Kier alpha value is -1.86. The molecule has 18 nitrogen and oxygen atoms in total. The van der Waals surface area contributed by atoms with Gasteiger partial charge in [-0.3, -0.25) is 0 Å². The van der Waals surface area contributed by atoms with E-state index in [-0.39, 0.29) is 72.2 Å². The number of amides is 4. The molecule has 6 rings (SSSR count). The fraction of sp³-hybridized carbons (Fsp3) is 0.273. The molecule has 22 heteroatoms. The molecule has 2 aromatic carbocycles.